The average molecular weight is 597 g/mol. The van der Waals surface area contributed by atoms with E-state index in [0.717, 1.165) is 12.3 Å². The average Bonchev–Trinajstić information content (AvgIpc) is 3.38. The third-order valence-electron chi connectivity index (χ3n) is 6.21. The molecule has 13 nitrogen and oxygen atoms in total. The van der Waals surface area contributed by atoms with E-state index in [1.54, 1.807) is 49.1 Å². The molecular weight excluding hydrogens is 568 g/mol. The second kappa shape index (κ2) is 10.8. The highest BCUT2D eigenvalue weighted by molar-refractivity contribution is 7.92. The SMILES string of the molecule is CC(C)(O)c1cnc(N2CCN(S(=O)(=O)c3ccc([N+](=O)[O-])s3)C[C@@H]2CN(c2ccccc2)S(C)(=O)=O)nc1. The Morgan fingerprint density at radius 1 is 1.10 bits per heavy atom. The van der Waals surface area contributed by atoms with Gasteiger partial charge in [0.2, 0.25) is 16.0 Å². The molecule has 39 heavy (non-hydrogen) atoms. The van der Waals surface area contributed by atoms with Crippen LogP contribution in [0.3, 0.4) is 0 Å². The first-order valence-corrected chi connectivity index (χ1v) is 15.9. The van der Waals surface area contributed by atoms with Gasteiger partial charge < -0.3 is 10.0 Å². The van der Waals surface area contributed by atoms with Crippen LogP contribution in [0, 0.1) is 10.1 Å². The molecule has 1 aliphatic heterocycles. The van der Waals surface area contributed by atoms with Crippen molar-refractivity contribution in [1.82, 2.24) is 14.3 Å². The zero-order valence-corrected chi connectivity index (χ0v) is 23.9. The Hall–Kier alpha value is -3.18. The zero-order chi connectivity index (χ0) is 28.6. The Kier molecular flexibility index (Phi) is 7.96. The Balaban J connectivity index is 1.71. The third-order valence-corrected chi connectivity index (χ3v) is 10.7. The van der Waals surface area contributed by atoms with Gasteiger partial charge in [0.25, 0.3) is 10.0 Å². The minimum absolute atomic E-state index is 0.0192. The van der Waals surface area contributed by atoms with Crippen molar-refractivity contribution >= 4 is 48.0 Å². The summed E-state index contributed by atoms with van der Waals surface area (Å²) in [4.78, 5) is 20.9. The molecule has 1 aliphatic rings. The molecule has 1 N–H and O–H groups in total. The van der Waals surface area contributed by atoms with Crippen molar-refractivity contribution in [3.8, 4) is 0 Å². The first kappa shape index (κ1) is 28.8. The number of hydrogen-bond donors (Lipinski definition) is 1. The van der Waals surface area contributed by atoms with Crippen molar-refractivity contribution in [1.29, 1.82) is 0 Å². The van der Waals surface area contributed by atoms with E-state index in [0.29, 0.717) is 22.6 Å². The lowest BCUT2D eigenvalue weighted by Crippen LogP contribution is -2.59. The maximum atomic E-state index is 13.4. The van der Waals surface area contributed by atoms with E-state index in [4.69, 9.17) is 0 Å². The Morgan fingerprint density at radius 2 is 1.74 bits per heavy atom. The molecule has 0 unspecified atom stereocenters. The van der Waals surface area contributed by atoms with Gasteiger partial charge in [-0.15, -0.1) is 0 Å². The monoisotopic (exact) mass is 596 g/mol. The fourth-order valence-corrected chi connectivity index (χ4v) is 7.82. The summed E-state index contributed by atoms with van der Waals surface area (Å²) in [6, 6.07) is 10.1. The standard InChI is InChI=1S/C23H28N6O7S3/c1-23(2,30)17-13-24-22(25-14-17)27-12-11-26(39(35,36)21-10-9-20(37-21)29(31)32)15-19(27)16-28(38(3,33)34)18-7-5-4-6-8-18/h4-10,13-14,19,30H,11-12,15-16H2,1-3H3/t19-/m1/s1. The van der Waals surface area contributed by atoms with Crippen LogP contribution in [-0.2, 0) is 25.6 Å². The Bertz CT molecular complexity index is 1540. The molecule has 3 heterocycles. The second-order valence-electron chi connectivity index (χ2n) is 9.52. The van der Waals surface area contributed by atoms with Crippen LogP contribution in [0.4, 0.5) is 16.6 Å². The number of nitrogens with zero attached hydrogens (tertiary/aromatic N) is 6. The summed E-state index contributed by atoms with van der Waals surface area (Å²) in [7, 11) is -7.86. The molecule has 1 aromatic carbocycles. The molecule has 1 saturated heterocycles. The molecule has 0 aliphatic carbocycles. The molecule has 0 bridgehead atoms. The molecule has 2 aromatic heterocycles. The summed E-state index contributed by atoms with van der Waals surface area (Å²) < 4.78 is 54.7. The number of rotatable bonds is 9. The van der Waals surface area contributed by atoms with Crippen LogP contribution in [0.25, 0.3) is 0 Å². The maximum absolute atomic E-state index is 13.4. The van der Waals surface area contributed by atoms with Crippen LogP contribution < -0.4 is 9.21 Å². The molecule has 3 aromatic rings. The summed E-state index contributed by atoms with van der Waals surface area (Å²) >= 11 is 0.562. The maximum Gasteiger partial charge on any atom is 0.325 e. The molecular formula is C23H28N6O7S3. The van der Waals surface area contributed by atoms with Gasteiger partial charge in [-0.3, -0.25) is 14.4 Å². The second-order valence-corrected chi connectivity index (χ2v) is 14.7. The molecule has 210 valence electrons. The number of para-hydroxylation sites is 1. The van der Waals surface area contributed by atoms with Gasteiger partial charge in [-0.2, -0.15) is 4.31 Å². The lowest BCUT2D eigenvalue weighted by molar-refractivity contribution is -0.380. The van der Waals surface area contributed by atoms with Crippen LogP contribution in [0.15, 0.2) is 59.1 Å². The van der Waals surface area contributed by atoms with Crippen molar-refractivity contribution in [2.75, 3.05) is 41.6 Å². The fraction of sp³-hybridized carbons (Fsp3) is 0.391. The molecule has 0 spiro atoms. The highest BCUT2D eigenvalue weighted by Gasteiger charge is 2.38. The van der Waals surface area contributed by atoms with Crippen LogP contribution in [0.2, 0.25) is 0 Å². The minimum Gasteiger partial charge on any atom is -0.386 e. The topological polar surface area (TPSA) is 167 Å². The zero-order valence-electron chi connectivity index (χ0n) is 21.4. The van der Waals surface area contributed by atoms with Gasteiger partial charge in [-0.25, -0.2) is 26.8 Å². The number of thiophene rings is 1. The number of aromatic nitrogens is 2. The van der Waals surface area contributed by atoms with E-state index in [9.17, 15) is 32.1 Å². The lowest BCUT2D eigenvalue weighted by atomic mass is 10.0. The van der Waals surface area contributed by atoms with E-state index in [2.05, 4.69) is 9.97 Å². The summed E-state index contributed by atoms with van der Waals surface area (Å²) in [5.41, 5.74) is -0.286. The van der Waals surface area contributed by atoms with Gasteiger partial charge >= 0.3 is 5.00 Å². The molecule has 0 amide bonds. The van der Waals surface area contributed by atoms with E-state index in [1.807, 2.05) is 0 Å². The summed E-state index contributed by atoms with van der Waals surface area (Å²) in [6.45, 7) is 3.10. The summed E-state index contributed by atoms with van der Waals surface area (Å²) in [6.07, 6.45) is 4.01. The van der Waals surface area contributed by atoms with Crippen LogP contribution in [0.5, 0.6) is 0 Å². The predicted molar refractivity (Wildman–Crippen MR) is 147 cm³/mol. The van der Waals surface area contributed by atoms with Gasteiger partial charge in [0, 0.05) is 43.7 Å². The van der Waals surface area contributed by atoms with Gasteiger partial charge in [0.05, 0.1) is 35.1 Å². The predicted octanol–water partition coefficient (Wildman–Crippen LogP) is 2.02. The molecule has 0 radical (unpaired) electrons. The van der Waals surface area contributed by atoms with Crippen molar-refractivity contribution in [3.05, 3.63) is 70.5 Å². The molecule has 16 heteroatoms. The smallest absolute Gasteiger partial charge is 0.325 e. The largest absolute Gasteiger partial charge is 0.386 e. The van der Waals surface area contributed by atoms with E-state index < -0.39 is 36.6 Å². The van der Waals surface area contributed by atoms with Crippen LogP contribution >= 0.6 is 11.3 Å². The first-order valence-electron chi connectivity index (χ1n) is 11.8. The van der Waals surface area contributed by atoms with E-state index >= 15 is 0 Å². The van der Waals surface area contributed by atoms with E-state index in [-0.39, 0.29) is 41.3 Å². The Labute approximate surface area is 230 Å². The van der Waals surface area contributed by atoms with Crippen molar-refractivity contribution < 1.29 is 26.9 Å². The summed E-state index contributed by atoms with van der Waals surface area (Å²) in [5.74, 6) is 0.248. The molecule has 0 saturated carbocycles. The van der Waals surface area contributed by atoms with Crippen molar-refractivity contribution in [3.63, 3.8) is 0 Å². The van der Waals surface area contributed by atoms with Crippen molar-refractivity contribution in [2.45, 2.75) is 29.7 Å². The fourth-order valence-electron chi connectivity index (χ4n) is 4.14. The molecule has 1 atom stereocenters. The quantitative estimate of drug-likeness (QED) is 0.285. The number of benzene rings is 1. The van der Waals surface area contributed by atoms with E-state index in [1.165, 1.54) is 27.1 Å². The van der Waals surface area contributed by atoms with Crippen LogP contribution in [-0.4, -0.2) is 79.6 Å². The number of nitro groups is 1. The van der Waals surface area contributed by atoms with Gasteiger partial charge in [0.15, 0.2) is 0 Å². The highest BCUT2D eigenvalue weighted by Crippen LogP contribution is 2.32. The lowest BCUT2D eigenvalue weighted by Gasteiger charge is -2.42. The number of anilines is 2. The number of aliphatic hydroxyl groups is 1. The van der Waals surface area contributed by atoms with Gasteiger partial charge in [-0.1, -0.05) is 18.2 Å². The number of piperazine rings is 1. The number of hydrogen-bond acceptors (Lipinski definition) is 11. The first-order chi connectivity index (χ1) is 18.2. The number of sulfonamides is 2. The van der Waals surface area contributed by atoms with Crippen LogP contribution in [0.1, 0.15) is 19.4 Å². The van der Waals surface area contributed by atoms with Gasteiger partial charge in [0.1, 0.15) is 4.21 Å². The van der Waals surface area contributed by atoms with Gasteiger partial charge in [-0.05, 0) is 43.4 Å². The summed E-state index contributed by atoms with van der Waals surface area (Å²) in [5, 5.41) is 21.1. The highest BCUT2D eigenvalue weighted by atomic mass is 32.2. The third kappa shape index (κ3) is 6.36. The van der Waals surface area contributed by atoms with Crippen molar-refractivity contribution in [2.24, 2.45) is 0 Å². The normalized spacial score (nSPS) is 17.2. The Morgan fingerprint density at radius 3 is 2.28 bits per heavy atom. The molecule has 1 fully saturated rings. The minimum atomic E-state index is -4.10. The molecule has 4 rings (SSSR count).